The number of nitrogens with zero attached hydrogens (tertiary/aromatic N) is 1. The van der Waals surface area contributed by atoms with Crippen molar-refractivity contribution in [3.63, 3.8) is 0 Å². The van der Waals surface area contributed by atoms with Crippen LogP contribution in [-0.2, 0) is 14.8 Å². The van der Waals surface area contributed by atoms with E-state index in [4.69, 9.17) is 4.42 Å². The molecule has 0 spiro atoms. The molecule has 1 aromatic heterocycles. The van der Waals surface area contributed by atoms with Crippen molar-refractivity contribution in [3.05, 3.63) is 48.4 Å². The Balaban J connectivity index is 1.87. The van der Waals surface area contributed by atoms with Crippen molar-refractivity contribution in [1.29, 1.82) is 0 Å². The molecule has 0 saturated heterocycles. The summed E-state index contributed by atoms with van der Waals surface area (Å²) in [6.45, 7) is 3.73. The van der Waals surface area contributed by atoms with Crippen molar-refractivity contribution in [3.8, 4) is 0 Å². The van der Waals surface area contributed by atoms with Crippen molar-refractivity contribution in [2.24, 2.45) is 0 Å². The molecule has 146 valence electrons. The molecule has 2 aromatic rings. The van der Waals surface area contributed by atoms with Gasteiger partial charge in [-0.05, 0) is 50.2 Å². The standard InChI is InChI=1S/C18H23N3O5S/c1-13(2)21(3)27(24,25)15-8-6-14(7-9-15)20-17(22)10-11-19-18(23)16-5-4-12-26-16/h4-9,12-13H,10-11H2,1-3H3,(H,19,23)(H,20,22). The molecule has 2 rings (SSSR count). The SMILES string of the molecule is CC(C)N(C)S(=O)(=O)c1ccc(NC(=O)CCNC(=O)c2ccco2)cc1. The lowest BCUT2D eigenvalue weighted by molar-refractivity contribution is -0.116. The van der Waals surface area contributed by atoms with E-state index in [0.717, 1.165) is 0 Å². The van der Waals surface area contributed by atoms with Gasteiger partial charge in [-0.25, -0.2) is 8.42 Å². The summed E-state index contributed by atoms with van der Waals surface area (Å²) in [6.07, 6.45) is 1.47. The van der Waals surface area contributed by atoms with Crippen molar-refractivity contribution in [2.45, 2.75) is 31.2 Å². The Hall–Kier alpha value is -2.65. The van der Waals surface area contributed by atoms with Crippen LogP contribution in [0.25, 0.3) is 0 Å². The third kappa shape index (κ3) is 5.41. The molecule has 0 aliphatic rings. The Morgan fingerprint density at radius 2 is 1.81 bits per heavy atom. The summed E-state index contributed by atoms with van der Waals surface area (Å²) in [5.41, 5.74) is 0.475. The minimum atomic E-state index is -3.56. The third-order valence-electron chi connectivity index (χ3n) is 3.92. The molecular weight excluding hydrogens is 370 g/mol. The number of carbonyl (C=O) groups is 2. The molecule has 2 amide bonds. The Morgan fingerprint density at radius 1 is 1.15 bits per heavy atom. The second-order valence-corrected chi connectivity index (χ2v) is 8.17. The maximum Gasteiger partial charge on any atom is 0.286 e. The van der Waals surface area contributed by atoms with Crippen molar-refractivity contribution < 1.29 is 22.4 Å². The van der Waals surface area contributed by atoms with Crippen molar-refractivity contribution >= 4 is 27.5 Å². The van der Waals surface area contributed by atoms with Gasteiger partial charge in [-0.1, -0.05) is 0 Å². The molecule has 0 fully saturated rings. The molecule has 1 aromatic carbocycles. The highest BCUT2D eigenvalue weighted by Gasteiger charge is 2.22. The summed E-state index contributed by atoms with van der Waals surface area (Å²) >= 11 is 0. The molecule has 0 bridgehead atoms. The largest absolute Gasteiger partial charge is 0.459 e. The lowest BCUT2D eigenvalue weighted by atomic mass is 10.3. The minimum Gasteiger partial charge on any atom is -0.459 e. The summed E-state index contributed by atoms with van der Waals surface area (Å²) in [5, 5.41) is 5.23. The Bertz CT molecular complexity index is 874. The monoisotopic (exact) mass is 393 g/mol. The quantitative estimate of drug-likeness (QED) is 0.714. The smallest absolute Gasteiger partial charge is 0.286 e. The third-order valence-corrected chi connectivity index (χ3v) is 5.97. The second-order valence-electron chi connectivity index (χ2n) is 6.17. The van der Waals surface area contributed by atoms with E-state index >= 15 is 0 Å². The molecule has 0 aliphatic carbocycles. The Morgan fingerprint density at radius 3 is 2.37 bits per heavy atom. The van der Waals surface area contributed by atoms with Gasteiger partial charge in [-0.15, -0.1) is 0 Å². The number of nitrogens with one attached hydrogen (secondary N) is 2. The minimum absolute atomic E-state index is 0.0720. The molecule has 0 aliphatic heterocycles. The van der Waals surface area contributed by atoms with Gasteiger partial charge >= 0.3 is 0 Å². The number of carbonyl (C=O) groups excluding carboxylic acids is 2. The van der Waals surface area contributed by atoms with Gasteiger partial charge in [0.2, 0.25) is 15.9 Å². The fraction of sp³-hybridized carbons (Fsp3) is 0.333. The number of sulfonamides is 1. The Kier molecular flexibility index (Phi) is 6.75. The van der Waals surface area contributed by atoms with E-state index in [1.54, 1.807) is 19.9 Å². The summed E-state index contributed by atoms with van der Waals surface area (Å²) in [4.78, 5) is 23.8. The molecule has 0 radical (unpaired) electrons. The van der Waals surface area contributed by atoms with E-state index in [2.05, 4.69) is 10.6 Å². The molecule has 0 atom stereocenters. The number of benzene rings is 1. The van der Waals surface area contributed by atoms with Gasteiger partial charge in [-0.3, -0.25) is 9.59 Å². The Labute approximate surface area is 158 Å². The van der Waals surface area contributed by atoms with Gasteiger partial charge in [0.15, 0.2) is 5.76 Å². The maximum atomic E-state index is 12.4. The van der Waals surface area contributed by atoms with Crippen LogP contribution in [0.2, 0.25) is 0 Å². The molecule has 9 heteroatoms. The molecule has 0 saturated carbocycles. The van der Waals surface area contributed by atoms with Gasteiger partial charge in [0.25, 0.3) is 5.91 Å². The van der Waals surface area contributed by atoms with E-state index in [0.29, 0.717) is 5.69 Å². The molecule has 1 heterocycles. The van der Waals surface area contributed by atoms with Crippen LogP contribution in [-0.4, -0.2) is 44.2 Å². The van der Waals surface area contributed by atoms with Crippen LogP contribution >= 0.6 is 0 Å². The van der Waals surface area contributed by atoms with Crippen LogP contribution in [0.1, 0.15) is 30.8 Å². The van der Waals surface area contributed by atoms with Gasteiger partial charge < -0.3 is 15.1 Å². The van der Waals surface area contributed by atoms with Crippen LogP contribution < -0.4 is 10.6 Å². The molecular formula is C18H23N3O5S. The van der Waals surface area contributed by atoms with E-state index in [1.165, 1.54) is 47.9 Å². The van der Waals surface area contributed by atoms with E-state index in [1.807, 2.05) is 0 Å². The van der Waals surface area contributed by atoms with Crippen molar-refractivity contribution in [1.82, 2.24) is 9.62 Å². The van der Waals surface area contributed by atoms with Crippen molar-refractivity contribution in [2.75, 3.05) is 18.9 Å². The summed E-state index contributed by atoms with van der Waals surface area (Å²) in [5.74, 6) is -0.514. The van der Waals surface area contributed by atoms with Crippen LogP contribution in [0.4, 0.5) is 5.69 Å². The van der Waals surface area contributed by atoms with Crippen LogP contribution in [0.5, 0.6) is 0 Å². The fourth-order valence-corrected chi connectivity index (χ4v) is 3.53. The lowest BCUT2D eigenvalue weighted by Crippen LogP contribution is -2.33. The predicted molar refractivity (Wildman–Crippen MR) is 101 cm³/mol. The summed E-state index contributed by atoms with van der Waals surface area (Å²) in [6, 6.07) is 8.92. The number of furan rings is 1. The zero-order valence-electron chi connectivity index (χ0n) is 15.4. The van der Waals surface area contributed by atoms with Gasteiger partial charge in [-0.2, -0.15) is 4.31 Å². The number of anilines is 1. The highest BCUT2D eigenvalue weighted by atomic mass is 32.2. The lowest BCUT2D eigenvalue weighted by Gasteiger charge is -2.21. The summed E-state index contributed by atoms with van der Waals surface area (Å²) in [7, 11) is -2.04. The average Bonchev–Trinajstić information content (AvgIpc) is 3.16. The fourth-order valence-electron chi connectivity index (χ4n) is 2.16. The topological polar surface area (TPSA) is 109 Å². The first kappa shape index (κ1) is 20.7. The highest BCUT2D eigenvalue weighted by Crippen LogP contribution is 2.19. The zero-order chi connectivity index (χ0) is 20.0. The number of amides is 2. The normalized spacial score (nSPS) is 11.6. The van der Waals surface area contributed by atoms with E-state index in [-0.39, 0.29) is 35.6 Å². The van der Waals surface area contributed by atoms with E-state index < -0.39 is 15.9 Å². The van der Waals surface area contributed by atoms with E-state index in [9.17, 15) is 18.0 Å². The highest BCUT2D eigenvalue weighted by molar-refractivity contribution is 7.89. The van der Waals surface area contributed by atoms with Crippen LogP contribution in [0, 0.1) is 0 Å². The average molecular weight is 393 g/mol. The summed E-state index contributed by atoms with van der Waals surface area (Å²) < 4.78 is 31.0. The number of hydrogen-bond donors (Lipinski definition) is 2. The number of hydrogen-bond acceptors (Lipinski definition) is 5. The maximum absolute atomic E-state index is 12.4. The molecule has 27 heavy (non-hydrogen) atoms. The first-order chi connectivity index (χ1) is 12.7. The van der Waals surface area contributed by atoms with Crippen LogP contribution in [0.3, 0.4) is 0 Å². The first-order valence-electron chi connectivity index (χ1n) is 8.41. The first-order valence-corrected chi connectivity index (χ1v) is 9.85. The number of rotatable bonds is 8. The predicted octanol–water partition coefficient (Wildman–Crippen LogP) is 2.07. The molecule has 8 nitrogen and oxygen atoms in total. The van der Waals surface area contributed by atoms with Crippen LogP contribution in [0.15, 0.2) is 52.0 Å². The second kappa shape index (κ2) is 8.83. The van der Waals surface area contributed by atoms with Gasteiger partial charge in [0.05, 0.1) is 11.2 Å². The van der Waals surface area contributed by atoms with Gasteiger partial charge in [0, 0.05) is 31.7 Å². The molecule has 2 N–H and O–H groups in total. The zero-order valence-corrected chi connectivity index (χ0v) is 16.2. The van der Waals surface area contributed by atoms with Gasteiger partial charge in [0.1, 0.15) is 0 Å². The molecule has 0 unspecified atom stereocenters.